The second-order valence-corrected chi connectivity index (χ2v) is 7.68. The quantitative estimate of drug-likeness (QED) is 0.757. The highest BCUT2D eigenvalue weighted by molar-refractivity contribution is 5.92. The molecule has 0 aliphatic carbocycles. The summed E-state index contributed by atoms with van der Waals surface area (Å²) in [6.45, 7) is 7.75. The molecule has 0 bridgehead atoms. The summed E-state index contributed by atoms with van der Waals surface area (Å²) in [7, 11) is 1.82. The number of nitrogens with zero attached hydrogens (tertiary/aromatic N) is 7. The van der Waals surface area contributed by atoms with E-state index in [1.807, 2.05) is 23.7 Å². The number of likely N-dealkylation sites (N-methyl/N-ethyl adjacent to an activating group) is 1. The average molecular weight is 354 g/mol. The van der Waals surface area contributed by atoms with Gasteiger partial charge < -0.3 is 14.8 Å². The molecule has 4 heterocycles. The van der Waals surface area contributed by atoms with Gasteiger partial charge in [0.2, 0.25) is 0 Å². The van der Waals surface area contributed by atoms with Crippen molar-refractivity contribution in [3.05, 3.63) is 36.2 Å². The number of H-pyrrole nitrogens is 1. The number of rotatable bonds is 3. The van der Waals surface area contributed by atoms with Crippen LogP contribution in [-0.2, 0) is 5.41 Å². The molecule has 0 saturated carbocycles. The lowest BCUT2D eigenvalue weighted by Crippen LogP contribution is -2.60. The maximum atomic E-state index is 12.4. The van der Waals surface area contributed by atoms with Crippen molar-refractivity contribution >= 4 is 17.4 Å². The predicted octanol–water partition coefficient (Wildman–Crippen LogP) is 1.11. The van der Waals surface area contributed by atoms with E-state index in [4.69, 9.17) is 5.10 Å². The summed E-state index contributed by atoms with van der Waals surface area (Å²) in [6.07, 6.45) is 3.06. The summed E-state index contributed by atoms with van der Waals surface area (Å²) in [5, 5.41) is 13.2. The number of carbonyl (C=O) groups is 1. The van der Waals surface area contributed by atoms with E-state index in [0.29, 0.717) is 5.69 Å². The van der Waals surface area contributed by atoms with E-state index in [9.17, 15) is 4.79 Å². The Balaban J connectivity index is 1.49. The van der Waals surface area contributed by atoms with Gasteiger partial charge in [0.05, 0.1) is 18.6 Å². The monoisotopic (exact) mass is 354 g/mol. The molecule has 1 amide bonds. The maximum Gasteiger partial charge on any atom is 0.272 e. The van der Waals surface area contributed by atoms with Gasteiger partial charge in [0.25, 0.3) is 5.91 Å². The Kier molecular flexibility index (Phi) is 3.67. The van der Waals surface area contributed by atoms with Gasteiger partial charge in [0, 0.05) is 25.6 Å². The molecule has 1 aliphatic rings. The molecule has 0 radical (unpaired) electrons. The van der Waals surface area contributed by atoms with Gasteiger partial charge in [-0.1, -0.05) is 20.8 Å². The normalized spacial score (nSPS) is 15.3. The van der Waals surface area contributed by atoms with Crippen molar-refractivity contribution in [3.63, 3.8) is 0 Å². The van der Waals surface area contributed by atoms with Crippen LogP contribution in [0.25, 0.3) is 5.65 Å². The topological polar surface area (TPSA) is 95.3 Å². The van der Waals surface area contributed by atoms with Gasteiger partial charge in [-0.3, -0.25) is 4.79 Å². The summed E-state index contributed by atoms with van der Waals surface area (Å²) >= 11 is 0. The van der Waals surface area contributed by atoms with Gasteiger partial charge in [0.1, 0.15) is 11.5 Å². The molecule has 0 atom stereocenters. The SMILES string of the molecule is CN(C(=O)c1cnc[nH]1)C1CN(c2ccc3nnc(C(C)(C)C)n3n2)C1. The zero-order valence-corrected chi connectivity index (χ0v) is 15.3. The molecule has 1 N–H and O–H groups in total. The lowest BCUT2D eigenvalue weighted by atomic mass is 9.96. The van der Waals surface area contributed by atoms with Gasteiger partial charge in [-0.25, -0.2) is 4.98 Å². The first kappa shape index (κ1) is 16.5. The first-order valence-electron chi connectivity index (χ1n) is 8.58. The molecular formula is C17H22N8O. The molecule has 4 rings (SSSR count). The van der Waals surface area contributed by atoms with Crippen LogP contribution in [0.3, 0.4) is 0 Å². The van der Waals surface area contributed by atoms with Crippen molar-refractivity contribution in [1.82, 2.24) is 34.7 Å². The van der Waals surface area contributed by atoms with Crippen LogP contribution >= 0.6 is 0 Å². The van der Waals surface area contributed by atoms with E-state index >= 15 is 0 Å². The largest absolute Gasteiger partial charge is 0.351 e. The van der Waals surface area contributed by atoms with E-state index < -0.39 is 0 Å². The second kappa shape index (κ2) is 5.79. The van der Waals surface area contributed by atoms with Gasteiger partial charge in [-0.05, 0) is 12.1 Å². The molecule has 0 aromatic carbocycles. The van der Waals surface area contributed by atoms with Crippen LogP contribution in [0.5, 0.6) is 0 Å². The highest BCUT2D eigenvalue weighted by atomic mass is 16.2. The average Bonchev–Trinajstić information content (AvgIpc) is 3.21. The molecule has 0 spiro atoms. The summed E-state index contributed by atoms with van der Waals surface area (Å²) in [5.74, 6) is 1.64. The number of aromatic nitrogens is 6. The number of aromatic amines is 1. The minimum atomic E-state index is -0.140. The van der Waals surface area contributed by atoms with Crippen LogP contribution < -0.4 is 4.90 Å². The summed E-state index contributed by atoms with van der Waals surface area (Å²) in [6, 6.07) is 4.02. The first-order chi connectivity index (χ1) is 12.3. The maximum absolute atomic E-state index is 12.4. The predicted molar refractivity (Wildman–Crippen MR) is 96.2 cm³/mol. The van der Waals surface area contributed by atoms with Crippen LogP contribution in [0.1, 0.15) is 37.1 Å². The number of carbonyl (C=O) groups excluding carboxylic acids is 1. The molecule has 1 aliphatic heterocycles. The Morgan fingerprint density at radius 2 is 2.04 bits per heavy atom. The third kappa shape index (κ3) is 2.69. The Hall–Kier alpha value is -2.97. The molecule has 136 valence electrons. The van der Waals surface area contributed by atoms with Crippen LogP contribution in [0, 0.1) is 0 Å². The first-order valence-corrected chi connectivity index (χ1v) is 8.58. The molecule has 9 heteroatoms. The number of imidazole rings is 1. The highest BCUT2D eigenvalue weighted by Gasteiger charge is 2.34. The fraction of sp³-hybridized carbons (Fsp3) is 0.471. The number of anilines is 1. The van der Waals surface area contributed by atoms with Crippen LogP contribution in [-0.4, -0.2) is 66.8 Å². The van der Waals surface area contributed by atoms with E-state index in [1.165, 1.54) is 6.33 Å². The van der Waals surface area contributed by atoms with E-state index in [2.05, 4.69) is 45.8 Å². The van der Waals surface area contributed by atoms with Crippen molar-refractivity contribution in [1.29, 1.82) is 0 Å². The lowest BCUT2D eigenvalue weighted by Gasteiger charge is -2.44. The molecule has 1 saturated heterocycles. The van der Waals surface area contributed by atoms with E-state index in [1.54, 1.807) is 11.1 Å². The third-order valence-electron chi connectivity index (χ3n) is 4.70. The number of amides is 1. The van der Waals surface area contributed by atoms with Crippen molar-refractivity contribution in [2.24, 2.45) is 0 Å². The fourth-order valence-electron chi connectivity index (χ4n) is 3.03. The number of hydrogen-bond acceptors (Lipinski definition) is 6. The van der Waals surface area contributed by atoms with Gasteiger partial charge in [-0.15, -0.1) is 15.3 Å². The number of hydrogen-bond donors (Lipinski definition) is 1. The zero-order valence-electron chi connectivity index (χ0n) is 15.3. The van der Waals surface area contributed by atoms with Gasteiger partial charge >= 0.3 is 0 Å². The lowest BCUT2D eigenvalue weighted by molar-refractivity contribution is 0.0699. The fourth-order valence-corrected chi connectivity index (χ4v) is 3.03. The Bertz CT molecular complexity index is 933. The standard InChI is InChI=1S/C17H22N8O/c1-17(2,3)16-21-20-13-5-6-14(22-25(13)16)24-8-11(9-24)23(4)15(26)12-7-18-10-19-12/h5-7,10-11H,8-9H2,1-4H3,(H,18,19). The number of nitrogens with one attached hydrogen (secondary N) is 1. The summed E-state index contributed by atoms with van der Waals surface area (Å²) < 4.78 is 1.81. The van der Waals surface area contributed by atoms with Crippen molar-refractivity contribution in [2.45, 2.75) is 32.2 Å². The Morgan fingerprint density at radius 1 is 1.27 bits per heavy atom. The van der Waals surface area contributed by atoms with Gasteiger partial charge in [0.15, 0.2) is 11.5 Å². The molecular weight excluding hydrogens is 332 g/mol. The minimum absolute atomic E-state index is 0.0515. The van der Waals surface area contributed by atoms with E-state index in [0.717, 1.165) is 30.4 Å². The van der Waals surface area contributed by atoms with Crippen molar-refractivity contribution in [2.75, 3.05) is 25.0 Å². The second-order valence-electron chi connectivity index (χ2n) is 7.68. The molecule has 3 aromatic rings. The molecule has 3 aromatic heterocycles. The zero-order chi connectivity index (χ0) is 18.5. The summed E-state index contributed by atoms with van der Waals surface area (Å²) in [5.41, 5.74) is 1.10. The highest BCUT2D eigenvalue weighted by Crippen LogP contribution is 2.25. The third-order valence-corrected chi connectivity index (χ3v) is 4.70. The molecule has 1 fully saturated rings. The smallest absolute Gasteiger partial charge is 0.272 e. The molecule has 9 nitrogen and oxygen atoms in total. The van der Waals surface area contributed by atoms with Crippen molar-refractivity contribution < 1.29 is 4.79 Å². The minimum Gasteiger partial charge on any atom is -0.351 e. The Morgan fingerprint density at radius 3 is 2.69 bits per heavy atom. The van der Waals surface area contributed by atoms with Crippen molar-refractivity contribution in [3.8, 4) is 0 Å². The van der Waals surface area contributed by atoms with E-state index in [-0.39, 0.29) is 17.4 Å². The number of fused-ring (bicyclic) bond motifs is 1. The van der Waals surface area contributed by atoms with Crippen LogP contribution in [0.2, 0.25) is 0 Å². The molecule has 0 unspecified atom stereocenters. The molecule has 26 heavy (non-hydrogen) atoms. The summed E-state index contributed by atoms with van der Waals surface area (Å²) in [4.78, 5) is 23.0. The Labute approximate surface area is 151 Å². The van der Waals surface area contributed by atoms with Crippen LogP contribution in [0.15, 0.2) is 24.7 Å². The van der Waals surface area contributed by atoms with Crippen LogP contribution in [0.4, 0.5) is 5.82 Å². The van der Waals surface area contributed by atoms with Gasteiger partial charge in [-0.2, -0.15) is 4.52 Å².